The van der Waals surface area contributed by atoms with Crippen LogP contribution in [0.5, 0.6) is 0 Å². The van der Waals surface area contributed by atoms with Crippen molar-refractivity contribution < 1.29 is 28.6 Å². The van der Waals surface area contributed by atoms with E-state index >= 15 is 0 Å². The minimum absolute atomic E-state index is 0.0905. The second-order valence-electron chi connectivity index (χ2n) is 21.0. The van der Waals surface area contributed by atoms with Crippen LogP contribution in [0.4, 0.5) is 0 Å². The molecule has 0 saturated carbocycles. The zero-order valence-electron chi connectivity index (χ0n) is 50.2. The standard InChI is InChI=1S/C71H118O6/c1-4-7-10-13-16-18-20-22-24-26-28-29-30-31-32-33-34-35-36-37-38-39-40-41-43-44-46-48-50-52-55-58-61-64-70(73)76-67-68(66-75-69(72)63-60-57-54-15-12-9-6-3)77-71(74)65-62-59-56-53-51-49-47-45-42-27-25-23-21-19-17-14-11-8-5-2/h7,10,16,18,22,24,28-29,31-32,34-35,37-38,40-41,44,46,50,52,68H,4-6,8-9,11-15,17,19-21,23,25-27,30,33,36,39,42-43,45,47-49,51,53-67H2,1-3H3/b10-7-,18-16-,24-22-,29-28-,32-31-,35-34-,38-37-,41-40-,46-44-,52-50-. The molecule has 1 unspecified atom stereocenters. The van der Waals surface area contributed by atoms with E-state index in [4.69, 9.17) is 14.2 Å². The minimum Gasteiger partial charge on any atom is -0.462 e. The first kappa shape index (κ1) is 72.8. The van der Waals surface area contributed by atoms with Gasteiger partial charge in [-0.25, -0.2) is 0 Å². The Morgan fingerprint density at radius 3 is 0.792 bits per heavy atom. The zero-order valence-corrected chi connectivity index (χ0v) is 50.2. The lowest BCUT2D eigenvalue weighted by Crippen LogP contribution is -2.30. The number of carbonyl (C=O) groups is 3. The highest BCUT2D eigenvalue weighted by molar-refractivity contribution is 5.71. The van der Waals surface area contributed by atoms with E-state index in [0.717, 1.165) is 122 Å². The molecule has 6 nitrogen and oxygen atoms in total. The van der Waals surface area contributed by atoms with E-state index < -0.39 is 6.10 Å². The molecule has 0 aromatic heterocycles. The highest BCUT2D eigenvalue weighted by Gasteiger charge is 2.19. The van der Waals surface area contributed by atoms with Gasteiger partial charge in [0.15, 0.2) is 6.10 Å². The molecule has 77 heavy (non-hydrogen) atoms. The quantitative estimate of drug-likeness (QED) is 0.0261. The van der Waals surface area contributed by atoms with Crippen molar-refractivity contribution in [2.24, 2.45) is 0 Å². The lowest BCUT2D eigenvalue weighted by atomic mass is 10.0. The lowest BCUT2D eigenvalue weighted by molar-refractivity contribution is -0.167. The molecule has 0 aromatic rings. The van der Waals surface area contributed by atoms with Crippen molar-refractivity contribution in [3.63, 3.8) is 0 Å². The van der Waals surface area contributed by atoms with Gasteiger partial charge in [0.2, 0.25) is 0 Å². The van der Waals surface area contributed by atoms with Gasteiger partial charge in [0.1, 0.15) is 13.2 Å². The highest BCUT2D eigenvalue weighted by Crippen LogP contribution is 2.16. The summed E-state index contributed by atoms with van der Waals surface area (Å²) in [5.41, 5.74) is 0. The second kappa shape index (κ2) is 64.3. The third kappa shape index (κ3) is 62.5. The van der Waals surface area contributed by atoms with Gasteiger partial charge in [0.25, 0.3) is 0 Å². The molecule has 0 aliphatic rings. The predicted octanol–water partition coefficient (Wildman–Crippen LogP) is 22.0. The molecule has 0 aliphatic heterocycles. The Bertz CT molecular complexity index is 1600. The van der Waals surface area contributed by atoms with Gasteiger partial charge in [-0.2, -0.15) is 0 Å². The number of carbonyl (C=O) groups excluding carboxylic acids is 3. The van der Waals surface area contributed by atoms with Crippen LogP contribution in [0.2, 0.25) is 0 Å². The van der Waals surface area contributed by atoms with E-state index in [1.54, 1.807) is 0 Å². The first-order valence-electron chi connectivity index (χ1n) is 32.0. The van der Waals surface area contributed by atoms with E-state index in [-0.39, 0.29) is 31.1 Å². The third-order valence-corrected chi connectivity index (χ3v) is 13.5. The van der Waals surface area contributed by atoms with E-state index in [1.165, 1.54) is 128 Å². The monoisotopic (exact) mass is 1070 g/mol. The molecule has 0 bridgehead atoms. The van der Waals surface area contributed by atoms with Crippen LogP contribution < -0.4 is 0 Å². The van der Waals surface area contributed by atoms with Crippen LogP contribution in [0.25, 0.3) is 0 Å². The van der Waals surface area contributed by atoms with Crippen molar-refractivity contribution in [2.75, 3.05) is 13.2 Å². The molecule has 1 atom stereocenters. The number of hydrogen-bond donors (Lipinski definition) is 0. The van der Waals surface area contributed by atoms with E-state index in [9.17, 15) is 14.4 Å². The fourth-order valence-electron chi connectivity index (χ4n) is 8.71. The van der Waals surface area contributed by atoms with E-state index in [0.29, 0.717) is 19.3 Å². The largest absolute Gasteiger partial charge is 0.462 e. The maximum atomic E-state index is 12.8. The highest BCUT2D eigenvalue weighted by atomic mass is 16.6. The van der Waals surface area contributed by atoms with Crippen LogP contribution in [0, 0.1) is 0 Å². The number of unbranched alkanes of at least 4 members (excludes halogenated alkanes) is 26. The first-order valence-corrected chi connectivity index (χ1v) is 32.0. The normalized spacial score (nSPS) is 12.9. The average Bonchev–Trinajstić information content (AvgIpc) is 3.43. The second-order valence-corrected chi connectivity index (χ2v) is 21.0. The molecule has 0 radical (unpaired) electrons. The van der Waals surface area contributed by atoms with Gasteiger partial charge >= 0.3 is 17.9 Å². The van der Waals surface area contributed by atoms with Crippen LogP contribution in [0.3, 0.4) is 0 Å². The minimum atomic E-state index is -0.794. The third-order valence-electron chi connectivity index (χ3n) is 13.5. The van der Waals surface area contributed by atoms with Crippen LogP contribution in [0.1, 0.15) is 290 Å². The van der Waals surface area contributed by atoms with Crippen molar-refractivity contribution in [3.8, 4) is 0 Å². The Morgan fingerprint density at radius 1 is 0.273 bits per heavy atom. The van der Waals surface area contributed by atoms with Gasteiger partial charge in [-0.1, -0.05) is 296 Å². The number of hydrogen-bond acceptors (Lipinski definition) is 6. The van der Waals surface area contributed by atoms with Gasteiger partial charge in [0.05, 0.1) is 0 Å². The van der Waals surface area contributed by atoms with E-state index in [1.807, 2.05) is 0 Å². The Labute approximate surface area is 475 Å². The summed E-state index contributed by atoms with van der Waals surface area (Å²) in [6, 6.07) is 0. The smallest absolute Gasteiger partial charge is 0.306 e. The molecule has 0 aromatic carbocycles. The van der Waals surface area contributed by atoms with Crippen molar-refractivity contribution >= 4 is 17.9 Å². The van der Waals surface area contributed by atoms with Crippen molar-refractivity contribution in [1.29, 1.82) is 0 Å². The summed E-state index contributed by atoms with van der Waals surface area (Å²) in [7, 11) is 0. The van der Waals surface area contributed by atoms with Crippen molar-refractivity contribution in [3.05, 3.63) is 122 Å². The first-order chi connectivity index (χ1) is 38.0. The molecule has 0 amide bonds. The average molecular weight is 1070 g/mol. The SMILES string of the molecule is CC/C=C\C/C=C\C/C=C\C/C=C\C/C=C\C/C=C\C/C=C\C/C=C\C/C=C\C/C=C\CCCCC(=O)OCC(COC(=O)CCCCCCCCC)OC(=O)CCCCCCCCCCCCCCCCCCCCC. The summed E-state index contributed by atoms with van der Waals surface area (Å²) in [4.78, 5) is 38.0. The fourth-order valence-corrected chi connectivity index (χ4v) is 8.71. The molecule has 0 aliphatic carbocycles. The molecular weight excluding hydrogens is 949 g/mol. The lowest BCUT2D eigenvalue weighted by Gasteiger charge is -2.18. The van der Waals surface area contributed by atoms with Gasteiger partial charge in [-0.05, 0) is 96.3 Å². The van der Waals surface area contributed by atoms with Crippen LogP contribution in [-0.2, 0) is 28.6 Å². The number of esters is 3. The maximum absolute atomic E-state index is 12.8. The molecule has 0 heterocycles. The number of rotatable bonds is 57. The molecular formula is C71H118O6. The number of allylic oxidation sites excluding steroid dienone is 20. The summed E-state index contributed by atoms with van der Waals surface area (Å²) >= 11 is 0. The summed E-state index contributed by atoms with van der Waals surface area (Å²) < 4.78 is 16.8. The molecule has 0 rings (SSSR count). The van der Waals surface area contributed by atoms with Crippen LogP contribution in [0.15, 0.2) is 122 Å². The summed E-state index contributed by atoms with van der Waals surface area (Å²) in [5.74, 6) is -0.937. The van der Waals surface area contributed by atoms with E-state index in [2.05, 4.69) is 142 Å². The van der Waals surface area contributed by atoms with Crippen LogP contribution in [-0.4, -0.2) is 37.2 Å². The molecule has 6 heteroatoms. The molecule has 0 fully saturated rings. The fraction of sp³-hybridized carbons (Fsp3) is 0.676. The Morgan fingerprint density at radius 2 is 0.506 bits per heavy atom. The van der Waals surface area contributed by atoms with Crippen molar-refractivity contribution in [2.45, 2.75) is 297 Å². The zero-order chi connectivity index (χ0) is 55.7. The maximum Gasteiger partial charge on any atom is 0.306 e. The Kier molecular flexibility index (Phi) is 60.8. The topological polar surface area (TPSA) is 78.9 Å². The number of ether oxygens (including phenoxy) is 3. The summed E-state index contributed by atoms with van der Waals surface area (Å²) in [5, 5.41) is 0. The summed E-state index contributed by atoms with van der Waals surface area (Å²) in [6.07, 6.45) is 89.5. The Hall–Kier alpha value is -4.19. The van der Waals surface area contributed by atoms with Gasteiger partial charge in [-0.3, -0.25) is 14.4 Å². The summed E-state index contributed by atoms with van der Waals surface area (Å²) in [6.45, 7) is 6.46. The molecule has 0 saturated heterocycles. The van der Waals surface area contributed by atoms with Gasteiger partial charge in [-0.15, -0.1) is 0 Å². The molecule has 0 N–H and O–H groups in total. The van der Waals surface area contributed by atoms with Gasteiger partial charge in [0, 0.05) is 19.3 Å². The predicted molar refractivity (Wildman–Crippen MR) is 334 cm³/mol. The molecule has 438 valence electrons. The molecule has 0 spiro atoms. The Balaban J connectivity index is 4.23. The van der Waals surface area contributed by atoms with Crippen LogP contribution >= 0.6 is 0 Å². The van der Waals surface area contributed by atoms with Crippen molar-refractivity contribution in [1.82, 2.24) is 0 Å². The van der Waals surface area contributed by atoms with Gasteiger partial charge < -0.3 is 14.2 Å².